The lowest BCUT2D eigenvalue weighted by Crippen LogP contribution is -2.54. The highest BCUT2D eigenvalue weighted by Crippen LogP contribution is 2.58. The van der Waals surface area contributed by atoms with Crippen molar-refractivity contribution in [3.05, 3.63) is 0 Å². The van der Waals surface area contributed by atoms with E-state index in [9.17, 15) is 30.7 Å². The summed E-state index contributed by atoms with van der Waals surface area (Å²) in [5.74, 6) is -5.82. The third kappa shape index (κ3) is 4.18. The van der Waals surface area contributed by atoms with Gasteiger partial charge in [0.1, 0.15) is 0 Å². The molecule has 0 aromatic rings. The molecule has 1 saturated heterocycles. The van der Waals surface area contributed by atoms with E-state index in [1.165, 1.54) is 0 Å². The van der Waals surface area contributed by atoms with Crippen molar-refractivity contribution in [3.63, 3.8) is 0 Å². The van der Waals surface area contributed by atoms with Gasteiger partial charge in [0.2, 0.25) is 0 Å². The van der Waals surface area contributed by atoms with E-state index in [0.717, 1.165) is 6.42 Å². The number of hydrogen-bond acceptors (Lipinski definition) is 3. The molecule has 0 unspecified atom stereocenters. The molecule has 1 heterocycles. The smallest absolute Gasteiger partial charge is 0.312 e. The van der Waals surface area contributed by atoms with E-state index >= 15 is 0 Å². The van der Waals surface area contributed by atoms with Crippen LogP contribution >= 0.6 is 8.60 Å². The molecular weight excluding hydrogens is 332 g/mol. The Kier molecular flexibility index (Phi) is 5.51. The topological polar surface area (TPSA) is 27.7 Å². The van der Waals surface area contributed by atoms with Crippen molar-refractivity contribution in [1.29, 1.82) is 0 Å². The first-order chi connectivity index (χ1) is 9.35. The van der Waals surface area contributed by atoms with Gasteiger partial charge in [-0.3, -0.25) is 4.52 Å². The summed E-state index contributed by atoms with van der Waals surface area (Å²) in [6, 6.07) is 0. The van der Waals surface area contributed by atoms with Crippen LogP contribution in [0.4, 0.5) is 30.7 Å². The summed E-state index contributed by atoms with van der Waals surface area (Å²) in [7, 11) is -3.07. The molecule has 21 heavy (non-hydrogen) atoms. The molecule has 126 valence electrons. The van der Waals surface area contributed by atoms with Crippen molar-refractivity contribution in [2.75, 3.05) is 13.2 Å². The molecule has 0 atom stereocenters. The molecule has 11 heteroatoms. The van der Waals surface area contributed by atoms with Crippen LogP contribution in [0.3, 0.4) is 0 Å². The van der Waals surface area contributed by atoms with Gasteiger partial charge in [-0.05, 0) is 6.42 Å². The molecule has 3 nitrogen and oxygen atoms in total. The Bertz CT molecular complexity index is 336. The van der Waals surface area contributed by atoms with E-state index in [4.69, 9.17) is 9.05 Å². The van der Waals surface area contributed by atoms with Crippen LogP contribution in [0.2, 0.25) is 0 Å². The third-order valence-electron chi connectivity index (χ3n) is 2.82. The molecular formula is C10H14F7O3P. The van der Waals surface area contributed by atoms with Gasteiger partial charge in [-0.2, -0.15) is 30.7 Å². The van der Waals surface area contributed by atoms with E-state index in [1.54, 1.807) is 6.92 Å². The SMILES string of the molecule is CCCC1(C)COP(OC(F)(C(F)(F)F)C(F)(F)F)OC1. The molecule has 0 spiro atoms. The maximum atomic E-state index is 13.3. The van der Waals surface area contributed by atoms with Crippen molar-refractivity contribution in [2.45, 2.75) is 44.9 Å². The van der Waals surface area contributed by atoms with Crippen LogP contribution < -0.4 is 0 Å². The second kappa shape index (κ2) is 6.14. The van der Waals surface area contributed by atoms with Gasteiger partial charge in [0.25, 0.3) is 0 Å². The Morgan fingerprint density at radius 1 is 1.00 bits per heavy atom. The summed E-state index contributed by atoms with van der Waals surface area (Å²) in [6.07, 6.45) is -11.3. The highest BCUT2D eigenvalue weighted by atomic mass is 31.2. The van der Waals surface area contributed by atoms with Crippen LogP contribution in [0.5, 0.6) is 0 Å². The standard InChI is InChI=1S/C10H14F7O3P/c1-3-4-7(2)5-18-21(19-6-7)20-8(11,9(12,13)14)10(15,16)17/h3-6H2,1-2H3. The van der Waals surface area contributed by atoms with Crippen LogP contribution in [0.25, 0.3) is 0 Å². The fourth-order valence-electron chi connectivity index (χ4n) is 1.66. The minimum atomic E-state index is -6.29. The molecule has 1 fully saturated rings. The summed E-state index contributed by atoms with van der Waals surface area (Å²) in [4.78, 5) is 0. The van der Waals surface area contributed by atoms with Crippen LogP contribution in [0.1, 0.15) is 26.7 Å². The van der Waals surface area contributed by atoms with Crippen molar-refractivity contribution in [1.82, 2.24) is 0 Å². The van der Waals surface area contributed by atoms with Gasteiger partial charge >= 0.3 is 26.8 Å². The lowest BCUT2D eigenvalue weighted by atomic mass is 9.88. The average Bonchev–Trinajstić information content (AvgIpc) is 2.29. The van der Waals surface area contributed by atoms with Crippen LogP contribution in [-0.4, -0.2) is 31.4 Å². The molecule has 0 radical (unpaired) electrons. The van der Waals surface area contributed by atoms with Gasteiger partial charge in [-0.1, -0.05) is 20.3 Å². The summed E-state index contributed by atoms with van der Waals surface area (Å²) < 4.78 is 100. The summed E-state index contributed by atoms with van der Waals surface area (Å²) in [5, 5.41) is 0. The van der Waals surface area contributed by atoms with E-state index in [2.05, 4.69) is 4.52 Å². The van der Waals surface area contributed by atoms with Crippen molar-refractivity contribution < 1.29 is 44.3 Å². The Balaban J connectivity index is 2.76. The highest BCUT2D eigenvalue weighted by Gasteiger charge is 2.76. The normalized spacial score (nSPS) is 28.7. The molecule has 0 amide bonds. The van der Waals surface area contributed by atoms with Crippen LogP contribution in [0, 0.1) is 5.41 Å². The lowest BCUT2D eigenvalue weighted by molar-refractivity contribution is -0.408. The molecule has 0 N–H and O–H groups in total. The van der Waals surface area contributed by atoms with Crippen LogP contribution in [0.15, 0.2) is 0 Å². The average molecular weight is 346 g/mol. The lowest BCUT2D eigenvalue weighted by Gasteiger charge is -2.38. The van der Waals surface area contributed by atoms with Crippen molar-refractivity contribution >= 4 is 8.60 Å². The zero-order valence-electron chi connectivity index (χ0n) is 11.1. The Hall–Kier alpha value is -0.180. The Morgan fingerprint density at radius 2 is 1.43 bits per heavy atom. The van der Waals surface area contributed by atoms with E-state index in [-0.39, 0.29) is 13.2 Å². The molecule has 1 aliphatic rings. The summed E-state index contributed by atoms with van der Waals surface area (Å²) in [6.45, 7) is 3.20. The predicted octanol–water partition coefficient (Wildman–Crippen LogP) is 4.87. The first-order valence-electron chi connectivity index (χ1n) is 5.92. The maximum Gasteiger partial charge on any atom is 0.458 e. The maximum absolute atomic E-state index is 13.3. The fourth-order valence-corrected chi connectivity index (χ4v) is 3.09. The largest absolute Gasteiger partial charge is 0.458 e. The zero-order chi connectivity index (χ0) is 16.5. The molecule has 1 rings (SSSR count). The summed E-state index contributed by atoms with van der Waals surface area (Å²) in [5.41, 5.74) is -0.549. The predicted molar refractivity (Wildman–Crippen MR) is 58.9 cm³/mol. The Labute approximate surface area is 117 Å². The number of halogens is 7. The monoisotopic (exact) mass is 346 g/mol. The molecule has 0 aromatic carbocycles. The first kappa shape index (κ1) is 18.9. The second-order valence-electron chi connectivity index (χ2n) is 5.01. The molecule has 0 saturated carbocycles. The summed E-state index contributed by atoms with van der Waals surface area (Å²) >= 11 is 0. The molecule has 0 bridgehead atoms. The van der Waals surface area contributed by atoms with Gasteiger partial charge in [-0.25, -0.2) is 0 Å². The van der Waals surface area contributed by atoms with E-state index < -0.39 is 32.2 Å². The van der Waals surface area contributed by atoms with E-state index in [0.29, 0.717) is 6.42 Å². The molecule has 1 aliphatic heterocycles. The van der Waals surface area contributed by atoms with E-state index in [1.807, 2.05) is 6.92 Å². The number of hydrogen-bond donors (Lipinski definition) is 0. The second-order valence-corrected chi connectivity index (χ2v) is 6.16. The number of rotatable bonds is 4. The van der Waals surface area contributed by atoms with Crippen molar-refractivity contribution in [3.8, 4) is 0 Å². The number of alkyl halides is 7. The minimum absolute atomic E-state index is 0.168. The van der Waals surface area contributed by atoms with Gasteiger partial charge in [0.15, 0.2) is 0 Å². The first-order valence-corrected chi connectivity index (χ1v) is 7.02. The fraction of sp³-hybridized carbons (Fsp3) is 1.00. The third-order valence-corrected chi connectivity index (χ3v) is 3.90. The molecule has 0 aromatic heterocycles. The zero-order valence-corrected chi connectivity index (χ0v) is 12.0. The minimum Gasteiger partial charge on any atom is -0.312 e. The van der Waals surface area contributed by atoms with Crippen molar-refractivity contribution in [2.24, 2.45) is 5.41 Å². The Morgan fingerprint density at radius 3 is 1.76 bits per heavy atom. The van der Waals surface area contributed by atoms with Gasteiger partial charge < -0.3 is 9.05 Å². The van der Waals surface area contributed by atoms with Gasteiger partial charge in [0, 0.05) is 5.41 Å². The van der Waals surface area contributed by atoms with Gasteiger partial charge in [0.05, 0.1) is 13.2 Å². The van der Waals surface area contributed by atoms with Gasteiger partial charge in [-0.15, -0.1) is 0 Å². The highest BCUT2D eigenvalue weighted by molar-refractivity contribution is 7.41. The molecule has 0 aliphatic carbocycles. The quantitative estimate of drug-likeness (QED) is 0.537. The van der Waals surface area contributed by atoms with Crippen LogP contribution in [-0.2, 0) is 13.6 Å².